The smallest absolute Gasteiger partial charge is 0.0860 e. The first kappa shape index (κ1) is 13.5. The predicted octanol–water partition coefficient (Wildman–Crippen LogP) is 3.65. The summed E-state index contributed by atoms with van der Waals surface area (Å²) in [7, 11) is 0. The van der Waals surface area contributed by atoms with Gasteiger partial charge in [-0.3, -0.25) is 0 Å². The van der Waals surface area contributed by atoms with Crippen molar-refractivity contribution in [3.63, 3.8) is 0 Å². The highest BCUT2D eigenvalue weighted by molar-refractivity contribution is 5.12. The van der Waals surface area contributed by atoms with E-state index < -0.39 is 11.0 Å². The summed E-state index contributed by atoms with van der Waals surface area (Å²) in [5.74, 6) is 0.763. The third kappa shape index (κ3) is 2.11. The number of nitrogens with zero attached hydrogens (tertiary/aromatic N) is 1. The second-order valence-corrected chi connectivity index (χ2v) is 5.28. The van der Waals surface area contributed by atoms with E-state index in [-0.39, 0.29) is 0 Å². The van der Waals surface area contributed by atoms with Gasteiger partial charge in [-0.2, -0.15) is 5.26 Å². The Morgan fingerprint density at radius 3 is 2.06 bits per heavy atom. The SMILES string of the molecule is CCC1CCC(C#N)(C(O)(CC)CC)CC1. The standard InChI is InChI=1S/C14H25NO/c1-4-12-7-9-13(11-15,10-8-12)14(16,5-2)6-3/h12,16H,4-10H2,1-3H3. The van der Waals surface area contributed by atoms with E-state index in [4.69, 9.17) is 0 Å². The van der Waals surface area contributed by atoms with Gasteiger partial charge in [-0.25, -0.2) is 0 Å². The largest absolute Gasteiger partial charge is 0.388 e. The molecule has 1 rings (SSSR count). The van der Waals surface area contributed by atoms with Gasteiger partial charge in [0.1, 0.15) is 0 Å². The minimum Gasteiger partial charge on any atom is -0.388 e. The molecule has 1 fully saturated rings. The summed E-state index contributed by atoms with van der Waals surface area (Å²) in [5.41, 5.74) is -1.26. The van der Waals surface area contributed by atoms with Gasteiger partial charge in [0, 0.05) is 0 Å². The maximum Gasteiger partial charge on any atom is 0.0860 e. The van der Waals surface area contributed by atoms with Gasteiger partial charge in [-0.15, -0.1) is 0 Å². The van der Waals surface area contributed by atoms with Crippen LogP contribution in [0.5, 0.6) is 0 Å². The van der Waals surface area contributed by atoms with Crippen molar-refractivity contribution in [2.24, 2.45) is 11.3 Å². The lowest BCUT2D eigenvalue weighted by Gasteiger charge is -2.46. The first-order chi connectivity index (χ1) is 7.57. The predicted molar refractivity (Wildman–Crippen MR) is 65.8 cm³/mol. The van der Waals surface area contributed by atoms with Crippen molar-refractivity contribution in [2.75, 3.05) is 0 Å². The second-order valence-electron chi connectivity index (χ2n) is 5.28. The number of hydrogen-bond acceptors (Lipinski definition) is 2. The number of nitriles is 1. The van der Waals surface area contributed by atoms with Crippen LogP contribution in [0.4, 0.5) is 0 Å². The summed E-state index contributed by atoms with van der Waals surface area (Å²) < 4.78 is 0. The Morgan fingerprint density at radius 2 is 1.75 bits per heavy atom. The average Bonchev–Trinajstić information content (AvgIpc) is 2.37. The van der Waals surface area contributed by atoms with Crippen LogP contribution < -0.4 is 0 Å². The normalized spacial score (nSPS) is 31.1. The Labute approximate surface area is 99.7 Å². The van der Waals surface area contributed by atoms with Gasteiger partial charge in [-0.05, 0) is 44.4 Å². The zero-order valence-corrected chi connectivity index (χ0v) is 10.9. The zero-order valence-electron chi connectivity index (χ0n) is 10.9. The summed E-state index contributed by atoms with van der Waals surface area (Å²) in [4.78, 5) is 0. The molecule has 0 aliphatic heterocycles. The van der Waals surface area contributed by atoms with Crippen molar-refractivity contribution >= 4 is 0 Å². The molecule has 0 heterocycles. The molecule has 0 unspecified atom stereocenters. The van der Waals surface area contributed by atoms with Crippen molar-refractivity contribution < 1.29 is 5.11 Å². The molecule has 1 N–H and O–H groups in total. The molecule has 1 aliphatic carbocycles. The van der Waals surface area contributed by atoms with E-state index in [1.807, 2.05) is 13.8 Å². The molecule has 0 aromatic heterocycles. The second kappa shape index (κ2) is 5.19. The highest BCUT2D eigenvalue weighted by Crippen LogP contribution is 2.49. The molecule has 92 valence electrons. The Balaban J connectivity index is 2.85. The van der Waals surface area contributed by atoms with Gasteiger partial charge in [0.05, 0.1) is 17.1 Å². The first-order valence-corrected chi connectivity index (χ1v) is 6.71. The highest BCUT2D eigenvalue weighted by Gasteiger charge is 2.49. The monoisotopic (exact) mass is 223 g/mol. The quantitative estimate of drug-likeness (QED) is 0.790. The lowest BCUT2D eigenvalue weighted by molar-refractivity contribution is -0.0837. The topological polar surface area (TPSA) is 44.0 Å². The Hall–Kier alpha value is -0.550. The van der Waals surface area contributed by atoms with Gasteiger partial charge in [0.25, 0.3) is 0 Å². The van der Waals surface area contributed by atoms with Crippen LogP contribution in [0.2, 0.25) is 0 Å². The van der Waals surface area contributed by atoms with E-state index in [1.165, 1.54) is 6.42 Å². The molecule has 0 bridgehead atoms. The molecule has 1 aliphatic rings. The van der Waals surface area contributed by atoms with E-state index in [1.54, 1.807) is 0 Å². The van der Waals surface area contributed by atoms with E-state index in [0.717, 1.165) is 31.6 Å². The van der Waals surface area contributed by atoms with Crippen LogP contribution in [0.15, 0.2) is 0 Å². The van der Waals surface area contributed by atoms with Crippen molar-refractivity contribution in [1.29, 1.82) is 5.26 Å². The molecule has 0 radical (unpaired) electrons. The number of hydrogen-bond donors (Lipinski definition) is 1. The molecule has 2 heteroatoms. The van der Waals surface area contributed by atoms with Crippen LogP contribution >= 0.6 is 0 Å². The van der Waals surface area contributed by atoms with E-state index in [9.17, 15) is 10.4 Å². The first-order valence-electron chi connectivity index (χ1n) is 6.71. The highest BCUT2D eigenvalue weighted by atomic mass is 16.3. The average molecular weight is 223 g/mol. The summed E-state index contributed by atoms with van der Waals surface area (Å²) in [5, 5.41) is 20.1. The molecule has 2 nitrogen and oxygen atoms in total. The zero-order chi connectivity index (χ0) is 12.2. The minimum absolute atomic E-state index is 0.484. The van der Waals surface area contributed by atoms with Gasteiger partial charge in [0.15, 0.2) is 0 Å². The molecular weight excluding hydrogens is 198 g/mol. The lowest BCUT2D eigenvalue weighted by atomic mass is 9.60. The van der Waals surface area contributed by atoms with Crippen LogP contribution in [-0.2, 0) is 0 Å². The molecular formula is C14H25NO. The summed E-state index contributed by atoms with van der Waals surface area (Å²) in [6.07, 6.45) is 6.54. The van der Waals surface area contributed by atoms with E-state index in [0.29, 0.717) is 12.8 Å². The van der Waals surface area contributed by atoms with Crippen LogP contribution in [0.3, 0.4) is 0 Å². The van der Waals surface area contributed by atoms with Crippen LogP contribution in [0, 0.1) is 22.7 Å². The fraction of sp³-hybridized carbons (Fsp3) is 0.929. The van der Waals surface area contributed by atoms with Crippen LogP contribution in [0.25, 0.3) is 0 Å². The van der Waals surface area contributed by atoms with Crippen molar-refractivity contribution in [1.82, 2.24) is 0 Å². The molecule has 0 spiro atoms. The van der Waals surface area contributed by atoms with Crippen LogP contribution in [-0.4, -0.2) is 10.7 Å². The Morgan fingerprint density at radius 1 is 1.25 bits per heavy atom. The molecule has 0 saturated heterocycles. The van der Waals surface area contributed by atoms with Gasteiger partial charge in [0.2, 0.25) is 0 Å². The van der Waals surface area contributed by atoms with Crippen molar-refractivity contribution in [2.45, 2.75) is 71.3 Å². The number of aliphatic hydroxyl groups is 1. The molecule has 1 saturated carbocycles. The molecule has 0 amide bonds. The summed E-state index contributed by atoms with van der Waals surface area (Å²) >= 11 is 0. The maximum atomic E-state index is 10.6. The van der Waals surface area contributed by atoms with Gasteiger partial charge < -0.3 is 5.11 Å². The summed E-state index contributed by atoms with van der Waals surface area (Å²) in [6, 6.07) is 2.45. The molecule has 0 aromatic carbocycles. The Bertz CT molecular complexity index is 254. The van der Waals surface area contributed by atoms with E-state index >= 15 is 0 Å². The fourth-order valence-corrected chi connectivity index (χ4v) is 3.19. The maximum absolute atomic E-state index is 10.6. The number of rotatable bonds is 4. The third-order valence-electron chi connectivity index (χ3n) is 4.81. The van der Waals surface area contributed by atoms with Crippen molar-refractivity contribution in [3.05, 3.63) is 0 Å². The fourth-order valence-electron chi connectivity index (χ4n) is 3.19. The third-order valence-corrected chi connectivity index (χ3v) is 4.81. The van der Waals surface area contributed by atoms with Crippen LogP contribution in [0.1, 0.15) is 65.7 Å². The van der Waals surface area contributed by atoms with Gasteiger partial charge in [-0.1, -0.05) is 27.2 Å². The van der Waals surface area contributed by atoms with Crippen molar-refractivity contribution in [3.8, 4) is 6.07 Å². The molecule has 0 atom stereocenters. The summed E-state index contributed by atoms with van der Waals surface area (Å²) in [6.45, 7) is 6.21. The Kier molecular flexibility index (Phi) is 4.38. The van der Waals surface area contributed by atoms with E-state index in [2.05, 4.69) is 13.0 Å². The molecule has 0 aromatic rings. The minimum atomic E-state index is -0.777. The van der Waals surface area contributed by atoms with Gasteiger partial charge >= 0.3 is 0 Å². The lowest BCUT2D eigenvalue weighted by Crippen LogP contribution is -2.48. The molecule has 16 heavy (non-hydrogen) atoms.